The fourth-order valence-electron chi connectivity index (χ4n) is 5.38. The van der Waals surface area contributed by atoms with Crippen LogP contribution in [0.15, 0.2) is 0 Å². The van der Waals surface area contributed by atoms with Crippen molar-refractivity contribution in [1.29, 1.82) is 0 Å². The van der Waals surface area contributed by atoms with Crippen molar-refractivity contribution in [2.24, 2.45) is 11.3 Å². The molecule has 110 valence electrons. The van der Waals surface area contributed by atoms with E-state index in [1.807, 2.05) is 23.9 Å². The predicted octanol–water partition coefficient (Wildman–Crippen LogP) is 2.42. The fraction of sp³-hybridized carbons (Fsp3) is 0.875. The van der Waals surface area contributed by atoms with E-state index in [9.17, 15) is 9.59 Å². The molecule has 0 aromatic rings. The van der Waals surface area contributed by atoms with Crippen molar-refractivity contribution < 1.29 is 9.59 Å². The van der Waals surface area contributed by atoms with Crippen LogP contribution < -0.4 is 0 Å². The molecule has 0 N–H and O–H groups in total. The summed E-state index contributed by atoms with van der Waals surface area (Å²) < 4.78 is 0. The Balaban J connectivity index is 1.58. The minimum Gasteiger partial charge on any atom is -0.322 e. The van der Waals surface area contributed by atoms with Gasteiger partial charge in [0.2, 0.25) is 0 Å². The van der Waals surface area contributed by atoms with E-state index in [-0.39, 0.29) is 11.6 Å². The van der Waals surface area contributed by atoms with Crippen molar-refractivity contribution >= 4 is 11.8 Å². The molecule has 4 fully saturated rings. The first-order chi connectivity index (χ1) is 9.47. The highest BCUT2D eigenvalue weighted by atomic mass is 16.2. The summed E-state index contributed by atoms with van der Waals surface area (Å²) in [5.41, 5.74) is 0.439. The van der Waals surface area contributed by atoms with E-state index in [0.29, 0.717) is 17.2 Å². The van der Waals surface area contributed by atoms with Gasteiger partial charge in [-0.2, -0.15) is 0 Å². The molecule has 0 aromatic heterocycles. The first-order valence-electron chi connectivity index (χ1n) is 8.00. The van der Waals surface area contributed by atoms with Crippen LogP contribution in [-0.2, 0) is 4.79 Å². The van der Waals surface area contributed by atoms with Crippen LogP contribution >= 0.6 is 0 Å². The van der Waals surface area contributed by atoms with Gasteiger partial charge in [-0.3, -0.25) is 4.79 Å². The standard InChI is InChI=1S/C16H24N2O2/c1-17-13(11-3-4-11)16(18(2)14(17)20)9-15(10-16)7-5-12(19)6-8-15/h11,13H,3-10H2,1-2H3/t13-/m0/s1. The zero-order chi connectivity index (χ0) is 14.1. The highest BCUT2D eigenvalue weighted by Crippen LogP contribution is 2.64. The number of carbonyl (C=O) groups is 2. The summed E-state index contributed by atoms with van der Waals surface area (Å²) in [6.45, 7) is 0. The van der Waals surface area contributed by atoms with Gasteiger partial charge in [-0.25, -0.2) is 4.79 Å². The van der Waals surface area contributed by atoms with Crippen molar-refractivity contribution in [1.82, 2.24) is 9.80 Å². The van der Waals surface area contributed by atoms with Crippen molar-refractivity contribution in [2.45, 2.75) is 62.9 Å². The number of ketones is 1. The minimum absolute atomic E-state index is 0.0768. The number of hydrogen-bond acceptors (Lipinski definition) is 2. The number of hydrogen-bond donors (Lipinski definition) is 0. The Morgan fingerprint density at radius 3 is 2.20 bits per heavy atom. The second-order valence-electron chi connectivity index (χ2n) is 7.73. The zero-order valence-corrected chi connectivity index (χ0v) is 12.5. The number of rotatable bonds is 1. The third-order valence-corrected chi connectivity index (χ3v) is 6.52. The number of amides is 2. The van der Waals surface area contributed by atoms with Crippen LogP contribution in [0.1, 0.15) is 51.4 Å². The second kappa shape index (κ2) is 3.77. The molecule has 1 aliphatic heterocycles. The molecular weight excluding hydrogens is 252 g/mol. The molecule has 3 saturated carbocycles. The van der Waals surface area contributed by atoms with Crippen LogP contribution in [0.3, 0.4) is 0 Å². The Morgan fingerprint density at radius 2 is 1.65 bits per heavy atom. The molecule has 4 rings (SSSR count). The van der Waals surface area contributed by atoms with Crippen molar-refractivity contribution in [3.63, 3.8) is 0 Å². The quantitative estimate of drug-likeness (QED) is 0.738. The van der Waals surface area contributed by atoms with Crippen LogP contribution in [0, 0.1) is 11.3 Å². The fourth-order valence-corrected chi connectivity index (χ4v) is 5.38. The minimum atomic E-state index is 0.0768. The average Bonchev–Trinajstić information content (AvgIpc) is 3.19. The summed E-state index contributed by atoms with van der Waals surface area (Å²) in [4.78, 5) is 27.9. The lowest BCUT2D eigenvalue weighted by molar-refractivity contribution is -0.130. The molecule has 0 bridgehead atoms. The van der Waals surface area contributed by atoms with Gasteiger partial charge in [0.1, 0.15) is 5.78 Å². The Hall–Kier alpha value is -1.06. The zero-order valence-electron chi connectivity index (χ0n) is 12.5. The Kier molecular flexibility index (Phi) is 2.39. The first kappa shape index (κ1) is 12.7. The molecule has 2 amide bonds. The maximum atomic E-state index is 12.4. The molecule has 4 aliphatic rings. The molecule has 20 heavy (non-hydrogen) atoms. The van der Waals surface area contributed by atoms with Gasteiger partial charge in [0.25, 0.3) is 0 Å². The van der Waals surface area contributed by atoms with Crippen LogP contribution in [0.5, 0.6) is 0 Å². The Morgan fingerprint density at radius 1 is 1.05 bits per heavy atom. The lowest BCUT2D eigenvalue weighted by Gasteiger charge is -2.60. The van der Waals surface area contributed by atoms with E-state index in [0.717, 1.165) is 44.4 Å². The van der Waals surface area contributed by atoms with Gasteiger partial charge in [0.15, 0.2) is 0 Å². The third-order valence-electron chi connectivity index (χ3n) is 6.52. The van der Waals surface area contributed by atoms with Crippen molar-refractivity contribution in [3.05, 3.63) is 0 Å². The van der Waals surface area contributed by atoms with E-state index in [1.165, 1.54) is 12.8 Å². The molecule has 4 heteroatoms. The lowest BCUT2D eigenvalue weighted by atomic mass is 9.49. The topological polar surface area (TPSA) is 40.6 Å². The van der Waals surface area contributed by atoms with Crippen LogP contribution in [0.2, 0.25) is 0 Å². The maximum absolute atomic E-state index is 12.4. The van der Waals surface area contributed by atoms with E-state index in [4.69, 9.17) is 0 Å². The number of carbonyl (C=O) groups excluding carboxylic acids is 2. The summed E-state index contributed by atoms with van der Waals surface area (Å²) in [7, 11) is 3.97. The SMILES string of the molecule is CN1C(=O)N(C)C2(CC3(CCC(=O)CC3)C2)[C@@H]1C1CC1. The van der Waals surface area contributed by atoms with Crippen LogP contribution in [-0.4, -0.2) is 47.3 Å². The molecule has 1 heterocycles. The number of likely N-dealkylation sites (N-methyl/N-ethyl adjacent to an activating group) is 2. The molecule has 4 nitrogen and oxygen atoms in total. The van der Waals surface area contributed by atoms with Gasteiger partial charge in [-0.1, -0.05) is 0 Å². The molecule has 0 unspecified atom stereocenters. The Bertz CT molecular complexity index is 465. The van der Waals surface area contributed by atoms with E-state index in [2.05, 4.69) is 0 Å². The monoisotopic (exact) mass is 276 g/mol. The van der Waals surface area contributed by atoms with Crippen LogP contribution in [0.25, 0.3) is 0 Å². The van der Waals surface area contributed by atoms with Gasteiger partial charge >= 0.3 is 6.03 Å². The Labute approximate surface area is 120 Å². The second-order valence-corrected chi connectivity index (χ2v) is 7.73. The normalized spacial score (nSPS) is 35.0. The summed E-state index contributed by atoms with van der Waals surface area (Å²) in [5.74, 6) is 1.15. The molecular formula is C16H24N2O2. The van der Waals surface area contributed by atoms with Gasteiger partial charge in [-0.05, 0) is 49.9 Å². The van der Waals surface area contributed by atoms with E-state index in [1.54, 1.807) is 0 Å². The molecule has 0 aromatic carbocycles. The predicted molar refractivity (Wildman–Crippen MR) is 75.3 cm³/mol. The van der Waals surface area contributed by atoms with Gasteiger partial charge in [0.05, 0.1) is 11.6 Å². The summed E-state index contributed by atoms with van der Waals surface area (Å²) in [6.07, 6.45) is 8.44. The molecule has 1 saturated heterocycles. The number of nitrogens with zero attached hydrogens (tertiary/aromatic N) is 2. The molecule has 2 spiro atoms. The lowest BCUT2D eigenvalue weighted by Crippen LogP contribution is -2.65. The molecule has 3 aliphatic carbocycles. The highest BCUT2D eigenvalue weighted by molar-refractivity contribution is 5.80. The van der Waals surface area contributed by atoms with Gasteiger partial charge in [0, 0.05) is 26.9 Å². The van der Waals surface area contributed by atoms with Crippen molar-refractivity contribution in [2.75, 3.05) is 14.1 Å². The highest BCUT2D eigenvalue weighted by Gasteiger charge is 2.68. The number of urea groups is 1. The van der Waals surface area contributed by atoms with Crippen molar-refractivity contribution in [3.8, 4) is 0 Å². The summed E-state index contributed by atoms with van der Waals surface area (Å²) >= 11 is 0. The van der Waals surface area contributed by atoms with Gasteiger partial charge in [-0.15, -0.1) is 0 Å². The molecule has 0 radical (unpaired) electrons. The largest absolute Gasteiger partial charge is 0.322 e. The maximum Gasteiger partial charge on any atom is 0.320 e. The first-order valence-corrected chi connectivity index (χ1v) is 8.00. The summed E-state index contributed by atoms with van der Waals surface area (Å²) in [6, 6.07) is 0.617. The van der Waals surface area contributed by atoms with Crippen LogP contribution in [0.4, 0.5) is 4.79 Å². The van der Waals surface area contributed by atoms with Gasteiger partial charge < -0.3 is 9.80 Å². The average molecular weight is 276 g/mol. The number of Topliss-reactive ketones (excluding diaryl/α,β-unsaturated/α-hetero) is 1. The van der Waals surface area contributed by atoms with E-state index < -0.39 is 0 Å². The van der Waals surface area contributed by atoms with E-state index >= 15 is 0 Å². The smallest absolute Gasteiger partial charge is 0.320 e. The third kappa shape index (κ3) is 1.48. The molecule has 1 atom stereocenters. The summed E-state index contributed by atoms with van der Waals surface area (Å²) in [5, 5.41) is 0.